The predicted molar refractivity (Wildman–Crippen MR) is 101 cm³/mol. The van der Waals surface area contributed by atoms with Crippen LogP contribution in [0.2, 0.25) is 0 Å². The van der Waals surface area contributed by atoms with Crippen molar-refractivity contribution in [1.29, 1.82) is 0 Å². The predicted octanol–water partition coefficient (Wildman–Crippen LogP) is 1.36. The lowest BCUT2D eigenvalue weighted by Gasteiger charge is -2.38. The lowest BCUT2D eigenvalue weighted by molar-refractivity contribution is -0.128. The number of ether oxygens (including phenoxy) is 2. The van der Waals surface area contributed by atoms with Crippen molar-refractivity contribution in [3.8, 4) is 0 Å². The molecule has 9 nitrogen and oxygen atoms in total. The number of nitrogens with two attached hydrogens (primary N) is 1. The molecule has 0 spiro atoms. The minimum absolute atomic E-state index is 0.237. The summed E-state index contributed by atoms with van der Waals surface area (Å²) in [5.41, 5.74) is 4.04. The molecule has 156 valence electrons. The van der Waals surface area contributed by atoms with Crippen LogP contribution in [0, 0.1) is 0 Å². The molecule has 0 aromatic rings. The van der Waals surface area contributed by atoms with E-state index < -0.39 is 28.9 Å². The van der Waals surface area contributed by atoms with Crippen LogP contribution in [0.25, 0.3) is 0 Å². The monoisotopic (exact) mass is 386 g/mol. The van der Waals surface area contributed by atoms with E-state index in [1.807, 2.05) is 0 Å². The number of nitrogens with zero attached hydrogens (tertiary/aromatic N) is 1. The van der Waals surface area contributed by atoms with Gasteiger partial charge in [0.25, 0.3) is 0 Å². The molecule has 0 atom stereocenters. The van der Waals surface area contributed by atoms with Crippen molar-refractivity contribution in [2.75, 3.05) is 26.2 Å². The van der Waals surface area contributed by atoms with Gasteiger partial charge in [-0.15, -0.1) is 0 Å². The smallest absolute Gasteiger partial charge is 0.410 e. The minimum Gasteiger partial charge on any atom is -0.444 e. The van der Waals surface area contributed by atoms with Gasteiger partial charge in [-0.3, -0.25) is 4.79 Å². The van der Waals surface area contributed by atoms with Gasteiger partial charge in [0.15, 0.2) is 0 Å². The molecule has 0 aliphatic carbocycles. The zero-order valence-electron chi connectivity index (χ0n) is 17.3. The van der Waals surface area contributed by atoms with Gasteiger partial charge in [-0.05, 0) is 54.4 Å². The Labute approximate surface area is 161 Å². The summed E-state index contributed by atoms with van der Waals surface area (Å²) in [6.07, 6.45) is -0.244. The maximum absolute atomic E-state index is 12.4. The van der Waals surface area contributed by atoms with E-state index in [4.69, 9.17) is 15.2 Å². The normalized spacial score (nSPS) is 17.1. The van der Waals surface area contributed by atoms with Crippen LogP contribution in [0.4, 0.5) is 9.59 Å². The molecule has 1 saturated heterocycles. The molecule has 3 amide bonds. The van der Waals surface area contributed by atoms with Gasteiger partial charge in [0, 0.05) is 26.2 Å². The summed E-state index contributed by atoms with van der Waals surface area (Å²) in [7, 11) is 0. The Kier molecular flexibility index (Phi) is 7.48. The topological polar surface area (TPSA) is 123 Å². The molecule has 1 aliphatic rings. The van der Waals surface area contributed by atoms with Crippen molar-refractivity contribution in [2.24, 2.45) is 5.73 Å². The van der Waals surface area contributed by atoms with Crippen LogP contribution in [-0.2, 0) is 14.3 Å². The Morgan fingerprint density at radius 2 is 1.41 bits per heavy atom. The molecule has 1 fully saturated rings. The summed E-state index contributed by atoms with van der Waals surface area (Å²) < 4.78 is 10.4. The molecule has 4 N–H and O–H groups in total. The number of amides is 3. The van der Waals surface area contributed by atoms with E-state index in [1.54, 1.807) is 46.4 Å². The van der Waals surface area contributed by atoms with Gasteiger partial charge in [0.2, 0.25) is 5.91 Å². The number of rotatable bonds is 4. The number of piperidine rings is 1. The molecule has 9 heteroatoms. The summed E-state index contributed by atoms with van der Waals surface area (Å²) in [6, 6.07) is 0. The first kappa shape index (κ1) is 23.0. The summed E-state index contributed by atoms with van der Waals surface area (Å²) in [5, 5.41) is 5.29. The Balaban J connectivity index is 2.36. The number of carbonyl (C=O) groups excluding carboxylic acids is 3. The number of nitrogens with one attached hydrogen (secondary N) is 2. The number of likely N-dealkylation sites (tertiary alicyclic amines) is 1. The number of carbonyl (C=O) groups is 3. The average Bonchev–Trinajstić information content (AvgIpc) is 2.48. The maximum atomic E-state index is 12.4. The lowest BCUT2D eigenvalue weighted by atomic mass is 9.88. The van der Waals surface area contributed by atoms with E-state index in [9.17, 15) is 14.4 Å². The van der Waals surface area contributed by atoms with Crippen LogP contribution >= 0.6 is 0 Å². The first-order valence-corrected chi connectivity index (χ1v) is 9.24. The zero-order valence-corrected chi connectivity index (χ0v) is 17.3. The standard InChI is InChI=1S/C18H34N4O5/c1-16(2,3)26-14(24)21-10-9-20-13(23)18(19)7-11-22(12-8-18)15(25)27-17(4,5)6/h7-12,19H2,1-6H3,(H,20,23)(H,21,24). The summed E-state index contributed by atoms with van der Waals surface area (Å²) in [4.78, 5) is 37.6. The summed E-state index contributed by atoms with van der Waals surface area (Å²) in [5.74, 6) is -0.294. The van der Waals surface area contributed by atoms with Crippen molar-refractivity contribution in [3.63, 3.8) is 0 Å². The Hall–Kier alpha value is -2.03. The molecule has 0 radical (unpaired) electrons. The molecule has 27 heavy (non-hydrogen) atoms. The molecule has 0 unspecified atom stereocenters. The second kappa shape index (κ2) is 8.77. The highest BCUT2D eigenvalue weighted by atomic mass is 16.6. The second-order valence-electron chi connectivity index (χ2n) is 8.81. The highest BCUT2D eigenvalue weighted by Gasteiger charge is 2.39. The van der Waals surface area contributed by atoms with Crippen molar-refractivity contribution < 1.29 is 23.9 Å². The fourth-order valence-corrected chi connectivity index (χ4v) is 2.47. The van der Waals surface area contributed by atoms with E-state index in [0.29, 0.717) is 25.9 Å². The Morgan fingerprint density at radius 3 is 1.89 bits per heavy atom. The third-order valence-corrected chi connectivity index (χ3v) is 3.84. The third-order valence-electron chi connectivity index (χ3n) is 3.84. The van der Waals surface area contributed by atoms with Crippen LogP contribution in [0.1, 0.15) is 54.4 Å². The van der Waals surface area contributed by atoms with Crippen LogP contribution in [0.3, 0.4) is 0 Å². The molecule has 0 bridgehead atoms. The van der Waals surface area contributed by atoms with Crippen molar-refractivity contribution in [2.45, 2.75) is 71.1 Å². The van der Waals surface area contributed by atoms with E-state index in [-0.39, 0.29) is 19.0 Å². The fraction of sp³-hybridized carbons (Fsp3) is 0.833. The van der Waals surface area contributed by atoms with E-state index in [0.717, 1.165) is 0 Å². The van der Waals surface area contributed by atoms with Gasteiger partial charge in [-0.25, -0.2) is 9.59 Å². The molecule has 1 aliphatic heterocycles. The van der Waals surface area contributed by atoms with Gasteiger partial charge in [0.05, 0.1) is 5.54 Å². The Bertz CT molecular complexity index is 543. The number of hydrogen-bond acceptors (Lipinski definition) is 6. The van der Waals surface area contributed by atoms with E-state index in [2.05, 4.69) is 10.6 Å². The Morgan fingerprint density at radius 1 is 0.926 bits per heavy atom. The molecular formula is C18H34N4O5. The van der Waals surface area contributed by atoms with Crippen LogP contribution in [0.5, 0.6) is 0 Å². The van der Waals surface area contributed by atoms with Crippen molar-refractivity contribution in [3.05, 3.63) is 0 Å². The summed E-state index contributed by atoms with van der Waals surface area (Å²) >= 11 is 0. The first-order valence-electron chi connectivity index (χ1n) is 9.24. The molecule has 0 saturated carbocycles. The maximum Gasteiger partial charge on any atom is 0.410 e. The highest BCUT2D eigenvalue weighted by molar-refractivity contribution is 5.86. The third kappa shape index (κ3) is 8.47. The fourth-order valence-electron chi connectivity index (χ4n) is 2.47. The quantitative estimate of drug-likeness (QED) is 0.627. The molecular weight excluding hydrogens is 352 g/mol. The van der Waals surface area contributed by atoms with Gasteiger partial charge in [0.1, 0.15) is 11.2 Å². The molecule has 1 rings (SSSR count). The average molecular weight is 386 g/mol. The van der Waals surface area contributed by atoms with E-state index >= 15 is 0 Å². The summed E-state index contributed by atoms with van der Waals surface area (Å²) in [6.45, 7) is 11.9. The number of alkyl carbamates (subject to hydrolysis) is 1. The second-order valence-corrected chi connectivity index (χ2v) is 8.81. The zero-order chi connectivity index (χ0) is 20.9. The van der Waals surface area contributed by atoms with Crippen molar-refractivity contribution >= 4 is 18.1 Å². The molecule has 1 heterocycles. The van der Waals surface area contributed by atoms with Crippen molar-refractivity contribution in [1.82, 2.24) is 15.5 Å². The van der Waals surface area contributed by atoms with Gasteiger partial charge in [-0.2, -0.15) is 0 Å². The lowest BCUT2D eigenvalue weighted by Crippen LogP contribution is -2.60. The molecule has 0 aromatic heterocycles. The number of hydrogen-bond donors (Lipinski definition) is 3. The van der Waals surface area contributed by atoms with Gasteiger partial charge < -0.3 is 30.7 Å². The van der Waals surface area contributed by atoms with Gasteiger partial charge >= 0.3 is 12.2 Å². The van der Waals surface area contributed by atoms with Crippen LogP contribution < -0.4 is 16.4 Å². The van der Waals surface area contributed by atoms with E-state index in [1.165, 1.54) is 0 Å². The SMILES string of the molecule is CC(C)(C)OC(=O)NCCNC(=O)C1(N)CCN(C(=O)OC(C)(C)C)CC1. The van der Waals surface area contributed by atoms with Gasteiger partial charge in [-0.1, -0.05) is 0 Å². The van der Waals surface area contributed by atoms with Crippen LogP contribution in [-0.4, -0.2) is 65.9 Å². The highest BCUT2D eigenvalue weighted by Crippen LogP contribution is 2.21. The minimum atomic E-state index is -1.04. The van der Waals surface area contributed by atoms with Crippen LogP contribution in [0.15, 0.2) is 0 Å². The molecule has 0 aromatic carbocycles. The largest absolute Gasteiger partial charge is 0.444 e. The first-order chi connectivity index (χ1) is 12.2.